The SMILES string of the molecule is c1ccc2c(-c3ncc(CNC4CC4)[nH]3)cccc2c1. The molecular weight excluding hydrogens is 246 g/mol. The maximum absolute atomic E-state index is 4.54. The van der Waals surface area contributed by atoms with Gasteiger partial charge in [0, 0.05) is 30.0 Å². The Kier molecular flexibility index (Phi) is 2.78. The number of H-pyrrole nitrogens is 1. The van der Waals surface area contributed by atoms with E-state index >= 15 is 0 Å². The van der Waals surface area contributed by atoms with Crippen molar-refractivity contribution in [1.82, 2.24) is 15.3 Å². The molecule has 3 heteroatoms. The zero-order chi connectivity index (χ0) is 13.4. The number of rotatable bonds is 4. The second kappa shape index (κ2) is 4.76. The Morgan fingerprint density at radius 2 is 1.95 bits per heavy atom. The summed E-state index contributed by atoms with van der Waals surface area (Å²) in [5.41, 5.74) is 2.32. The third-order valence-electron chi connectivity index (χ3n) is 3.83. The van der Waals surface area contributed by atoms with Crippen molar-refractivity contribution < 1.29 is 0 Å². The summed E-state index contributed by atoms with van der Waals surface area (Å²) in [5.74, 6) is 0.953. The number of aromatic nitrogens is 2. The highest BCUT2D eigenvalue weighted by Gasteiger charge is 2.20. The van der Waals surface area contributed by atoms with Gasteiger partial charge in [0.05, 0.1) is 0 Å². The van der Waals surface area contributed by atoms with Gasteiger partial charge in [0.25, 0.3) is 0 Å². The molecule has 3 aromatic rings. The molecule has 0 aliphatic heterocycles. The fourth-order valence-electron chi connectivity index (χ4n) is 2.56. The molecule has 3 nitrogen and oxygen atoms in total. The van der Waals surface area contributed by atoms with Crippen LogP contribution in [0.15, 0.2) is 48.7 Å². The minimum Gasteiger partial charge on any atom is -0.341 e. The summed E-state index contributed by atoms with van der Waals surface area (Å²) in [6.45, 7) is 0.877. The third-order valence-corrected chi connectivity index (χ3v) is 3.83. The van der Waals surface area contributed by atoms with E-state index in [0.29, 0.717) is 0 Å². The lowest BCUT2D eigenvalue weighted by molar-refractivity contribution is 0.677. The molecule has 1 heterocycles. The van der Waals surface area contributed by atoms with Crippen LogP contribution in [-0.4, -0.2) is 16.0 Å². The molecule has 2 aromatic carbocycles. The molecule has 0 saturated heterocycles. The molecule has 1 aliphatic carbocycles. The van der Waals surface area contributed by atoms with Crippen LogP contribution in [0.1, 0.15) is 18.5 Å². The molecule has 1 aromatic heterocycles. The first kappa shape index (κ1) is 11.7. The molecule has 0 unspecified atom stereocenters. The van der Waals surface area contributed by atoms with Crippen molar-refractivity contribution in [3.63, 3.8) is 0 Å². The molecule has 0 radical (unpaired) electrons. The number of hydrogen-bond donors (Lipinski definition) is 2. The number of hydrogen-bond acceptors (Lipinski definition) is 2. The maximum Gasteiger partial charge on any atom is 0.138 e. The zero-order valence-corrected chi connectivity index (χ0v) is 11.3. The number of nitrogens with one attached hydrogen (secondary N) is 2. The Labute approximate surface area is 118 Å². The number of benzene rings is 2. The summed E-state index contributed by atoms with van der Waals surface area (Å²) in [6, 6.07) is 15.5. The molecule has 1 fully saturated rings. The zero-order valence-electron chi connectivity index (χ0n) is 11.3. The average Bonchev–Trinajstić information content (AvgIpc) is 3.21. The lowest BCUT2D eigenvalue weighted by atomic mass is 10.0. The van der Waals surface area contributed by atoms with Crippen LogP contribution in [-0.2, 0) is 6.54 Å². The van der Waals surface area contributed by atoms with Gasteiger partial charge in [-0.1, -0.05) is 42.5 Å². The molecular formula is C17H17N3. The second-order valence-corrected chi connectivity index (χ2v) is 5.44. The average molecular weight is 263 g/mol. The standard InChI is InChI=1S/C17H17N3/c1-2-6-15-12(4-1)5-3-7-16(15)17-19-11-14(20-17)10-18-13-8-9-13/h1-7,11,13,18H,8-10H2,(H,19,20). The minimum absolute atomic E-state index is 0.722. The predicted molar refractivity (Wildman–Crippen MR) is 81.4 cm³/mol. The minimum atomic E-state index is 0.722. The first-order valence-electron chi connectivity index (χ1n) is 7.15. The van der Waals surface area contributed by atoms with Crippen LogP contribution in [0.5, 0.6) is 0 Å². The van der Waals surface area contributed by atoms with Crippen LogP contribution >= 0.6 is 0 Å². The molecule has 1 saturated carbocycles. The Bertz CT molecular complexity index is 735. The Morgan fingerprint density at radius 1 is 1.10 bits per heavy atom. The van der Waals surface area contributed by atoms with Crippen molar-refractivity contribution in [3.8, 4) is 11.4 Å². The Morgan fingerprint density at radius 3 is 2.85 bits per heavy atom. The summed E-state index contributed by atoms with van der Waals surface area (Å²) in [4.78, 5) is 7.97. The van der Waals surface area contributed by atoms with Gasteiger partial charge in [0.1, 0.15) is 5.82 Å². The van der Waals surface area contributed by atoms with E-state index in [2.05, 4.69) is 57.7 Å². The quantitative estimate of drug-likeness (QED) is 0.756. The van der Waals surface area contributed by atoms with E-state index in [-0.39, 0.29) is 0 Å². The molecule has 4 rings (SSSR count). The maximum atomic E-state index is 4.54. The Balaban J connectivity index is 1.67. The molecule has 0 bridgehead atoms. The van der Waals surface area contributed by atoms with E-state index in [1.165, 1.54) is 29.2 Å². The third kappa shape index (κ3) is 2.21. The monoisotopic (exact) mass is 263 g/mol. The van der Waals surface area contributed by atoms with Gasteiger partial charge in [-0.3, -0.25) is 0 Å². The second-order valence-electron chi connectivity index (χ2n) is 5.44. The number of fused-ring (bicyclic) bond motifs is 1. The van der Waals surface area contributed by atoms with Crippen LogP contribution in [0.2, 0.25) is 0 Å². The number of aromatic amines is 1. The van der Waals surface area contributed by atoms with Crippen molar-refractivity contribution in [2.45, 2.75) is 25.4 Å². The topological polar surface area (TPSA) is 40.7 Å². The van der Waals surface area contributed by atoms with Gasteiger partial charge in [0.2, 0.25) is 0 Å². The fraction of sp³-hybridized carbons (Fsp3) is 0.235. The van der Waals surface area contributed by atoms with E-state index in [1.807, 2.05) is 6.20 Å². The summed E-state index contributed by atoms with van der Waals surface area (Å²) in [7, 11) is 0. The fourth-order valence-corrected chi connectivity index (χ4v) is 2.56. The van der Waals surface area contributed by atoms with Crippen LogP contribution in [0.25, 0.3) is 22.2 Å². The first-order chi connectivity index (χ1) is 9.90. The molecule has 2 N–H and O–H groups in total. The van der Waals surface area contributed by atoms with Crippen molar-refractivity contribution in [1.29, 1.82) is 0 Å². The predicted octanol–water partition coefficient (Wildman–Crippen LogP) is 3.48. The highest BCUT2D eigenvalue weighted by Crippen LogP contribution is 2.26. The highest BCUT2D eigenvalue weighted by atomic mass is 15.0. The summed E-state index contributed by atoms with van der Waals surface area (Å²) < 4.78 is 0. The molecule has 0 amide bonds. The van der Waals surface area contributed by atoms with Crippen molar-refractivity contribution in [3.05, 3.63) is 54.4 Å². The van der Waals surface area contributed by atoms with Gasteiger partial charge in [-0.25, -0.2) is 4.98 Å². The Hall–Kier alpha value is -2.13. The largest absolute Gasteiger partial charge is 0.341 e. The molecule has 1 aliphatic rings. The molecule has 0 spiro atoms. The summed E-state index contributed by atoms with van der Waals surface area (Å²) >= 11 is 0. The van der Waals surface area contributed by atoms with Crippen LogP contribution in [0, 0.1) is 0 Å². The molecule has 0 atom stereocenters. The van der Waals surface area contributed by atoms with Gasteiger partial charge >= 0.3 is 0 Å². The lowest BCUT2D eigenvalue weighted by Crippen LogP contribution is -2.15. The van der Waals surface area contributed by atoms with E-state index in [4.69, 9.17) is 0 Å². The highest BCUT2D eigenvalue weighted by molar-refractivity contribution is 5.95. The smallest absolute Gasteiger partial charge is 0.138 e. The summed E-state index contributed by atoms with van der Waals surface area (Å²) in [6.07, 6.45) is 4.56. The van der Waals surface area contributed by atoms with Crippen LogP contribution in [0.4, 0.5) is 0 Å². The van der Waals surface area contributed by atoms with Gasteiger partial charge in [-0.2, -0.15) is 0 Å². The van der Waals surface area contributed by atoms with E-state index in [1.54, 1.807) is 0 Å². The molecule has 100 valence electrons. The lowest BCUT2D eigenvalue weighted by Gasteiger charge is -2.04. The molecule has 20 heavy (non-hydrogen) atoms. The van der Waals surface area contributed by atoms with Crippen molar-refractivity contribution in [2.75, 3.05) is 0 Å². The van der Waals surface area contributed by atoms with Crippen molar-refractivity contribution >= 4 is 10.8 Å². The van der Waals surface area contributed by atoms with Gasteiger partial charge in [-0.15, -0.1) is 0 Å². The van der Waals surface area contributed by atoms with Crippen LogP contribution in [0.3, 0.4) is 0 Å². The van der Waals surface area contributed by atoms with E-state index in [0.717, 1.165) is 24.1 Å². The van der Waals surface area contributed by atoms with Crippen LogP contribution < -0.4 is 5.32 Å². The number of nitrogens with zero attached hydrogens (tertiary/aromatic N) is 1. The van der Waals surface area contributed by atoms with Gasteiger partial charge in [-0.05, 0) is 23.6 Å². The number of imidazole rings is 1. The van der Waals surface area contributed by atoms with Gasteiger partial charge < -0.3 is 10.3 Å². The van der Waals surface area contributed by atoms with Crippen molar-refractivity contribution in [2.24, 2.45) is 0 Å². The van der Waals surface area contributed by atoms with E-state index in [9.17, 15) is 0 Å². The van der Waals surface area contributed by atoms with E-state index < -0.39 is 0 Å². The normalized spacial score (nSPS) is 14.8. The van der Waals surface area contributed by atoms with Gasteiger partial charge in [0.15, 0.2) is 0 Å². The summed E-state index contributed by atoms with van der Waals surface area (Å²) in [5, 5.41) is 5.99. The first-order valence-corrected chi connectivity index (χ1v) is 7.15.